The molecule has 0 aromatic heterocycles. The van der Waals surface area contributed by atoms with Gasteiger partial charge in [0.25, 0.3) is 0 Å². The summed E-state index contributed by atoms with van der Waals surface area (Å²) in [5.41, 5.74) is 2.54. The third-order valence-electron chi connectivity index (χ3n) is 5.65. The zero-order valence-electron chi connectivity index (χ0n) is 12.0. The summed E-state index contributed by atoms with van der Waals surface area (Å²) in [6.07, 6.45) is 3.97. The predicted octanol–water partition coefficient (Wildman–Crippen LogP) is 4.03. The molecule has 2 atom stereocenters. The maximum absolute atomic E-state index is 12.9. The minimum Gasteiger partial charge on any atom is -0.492 e. The number of ketones is 1. The van der Waals surface area contributed by atoms with Gasteiger partial charge in [-0.2, -0.15) is 0 Å². The van der Waals surface area contributed by atoms with Gasteiger partial charge >= 0.3 is 0 Å². The fraction of sp³-hybridized carbons (Fsp3) is 0.588. The Morgan fingerprint density at radius 3 is 2.90 bits per heavy atom. The van der Waals surface area contributed by atoms with Gasteiger partial charge in [0.2, 0.25) is 0 Å². The van der Waals surface area contributed by atoms with Crippen molar-refractivity contribution in [2.24, 2.45) is 11.3 Å². The van der Waals surface area contributed by atoms with E-state index in [4.69, 9.17) is 4.74 Å². The van der Waals surface area contributed by atoms with Crippen LogP contribution in [0.25, 0.3) is 0 Å². The van der Waals surface area contributed by atoms with E-state index in [-0.39, 0.29) is 16.7 Å². The molecule has 20 heavy (non-hydrogen) atoms. The van der Waals surface area contributed by atoms with Crippen LogP contribution in [0.15, 0.2) is 16.6 Å². The van der Waals surface area contributed by atoms with Crippen LogP contribution >= 0.6 is 15.9 Å². The van der Waals surface area contributed by atoms with Crippen LogP contribution in [0.4, 0.5) is 0 Å². The average Bonchev–Trinajstić information content (AvgIpc) is 2.72. The van der Waals surface area contributed by atoms with Gasteiger partial charge in [-0.15, -0.1) is 0 Å². The first-order valence-electron chi connectivity index (χ1n) is 7.43. The molecule has 1 heterocycles. The van der Waals surface area contributed by atoms with Crippen molar-refractivity contribution in [2.45, 2.75) is 44.9 Å². The van der Waals surface area contributed by atoms with E-state index in [9.17, 15) is 4.79 Å². The van der Waals surface area contributed by atoms with E-state index in [2.05, 4.69) is 35.8 Å². The lowest BCUT2D eigenvalue weighted by atomic mass is 9.50. The van der Waals surface area contributed by atoms with Crippen molar-refractivity contribution in [1.29, 1.82) is 0 Å². The Kier molecular flexibility index (Phi) is 2.50. The molecule has 1 aromatic carbocycles. The molecule has 0 bridgehead atoms. The molecular formula is C17H19BrO2. The number of carbonyl (C=O) groups excluding carboxylic acids is 1. The molecule has 0 amide bonds. The molecule has 1 aromatic rings. The maximum atomic E-state index is 12.9. The van der Waals surface area contributed by atoms with Crippen LogP contribution in [-0.4, -0.2) is 12.4 Å². The molecule has 1 aliphatic heterocycles. The number of hydrogen-bond acceptors (Lipinski definition) is 2. The van der Waals surface area contributed by atoms with E-state index in [0.717, 1.165) is 23.1 Å². The zero-order valence-corrected chi connectivity index (χ0v) is 13.5. The first-order valence-corrected chi connectivity index (χ1v) is 8.22. The highest BCUT2D eigenvalue weighted by Crippen LogP contribution is 2.61. The number of halogens is 1. The Hall–Kier alpha value is -0.830. The fourth-order valence-electron chi connectivity index (χ4n) is 5.06. The first-order chi connectivity index (χ1) is 9.46. The topological polar surface area (TPSA) is 26.3 Å². The van der Waals surface area contributed by atoms with Gasteiger partial charge in [-0.25, -0.2) is 0 Å². The quantitative estimate of drug-likeness (QED) is 0.715. The molecule has 1 spiro atoms. The van der Waals surface area contributed by atoms with Crippen molar-refractivity contribution in [3.63, 3.8) is 0 Å². The van der Waals surface area contributed by atoms with Gasteiger partial charge in [-0.3, -0.25) is 4.79 Å². The van der Waals surface area contributed by atoms with E-state index >= 15 is 0 Å². The van der Waals surface area contributed by atoms with Crippen molar-refractivity contribution in [1.82, 2.24) is 0 Å². The second-order valence-electron chi connectivity index (χ2n) is 7.26. The predicted molar refractivity (Wildman–Crippen MR) is 81.1 cm³/mol. The lowest BCUT2D eigenvalue weighted by Gasteiger charge is -2.51. The first kappa shape index (κ1) is 12.9. The Balaban J connectivity index is 2.01. The summed E-state index contributed by atoms with van der Waals surface area (Å²) in [4.78, 5) is 12.9. The van der Waals surface area contributed by atoms with Crippen LogP contribution < -0.4 is 4.74 Å². The van der Waals surface area contributed by atoms with E-state index in [1.807, 2.05) is 6.07 Å². The highest BCUT2D eigenvalue weighted by atomic mass is 79.9. The van der Waals surface area contributed by atoms with Crippen LogP contribution in [0.5, 0.6) is 5.75 Å². The molecule has 2 nitrogen and oxygen atoms in total. The van der Waals surface area contributed by atoms with Gasteiger partial charge in [-0.1, -0.05) is 36.2 Å². The summed E-state index contributed by atoms with van der Waals surface area (Å²) >= 11 is 3.63. The van der Waals surface area contributed by atoms with Crippen molar-refractivity contribution in [2.75, 3.05) is 6.61 Å². The van der Waals surface area contributed by atoms with Gasteiger partial charge < -0.3 is 4.74 Å². The van der Waals surface area contributed by atoms with Crippen LogP contribution in [0, 0.1) is 11.3 Å². The summed E-state index contributed by atoms with van der Waals surface area (Å²) in [7, 11) is 0. The van der Waals surface area contributed by atoms with E-state index in [1.54, 1.807) is 0 Å². The molecule has 0 N–H and O–H groups in total. The third-order valence-corrected chi connectivity index (χ3v) is 6.39. The van der Waals surface area contributed by atoms with Crippen LogP contribution in [0.2, 0.25) is 0 Å². The fourth-order valence-corrected chi connectivity index (χ4v) is 5.53. The molecule has 1 saturated carbocycles. The maximum Gasteiger partial charge on any atom is 0.141 e. The lowest BCUT2D eigenvalue weighted by Crippen LogP contribution is -2.54. The molecule has 0 radical (unpaired) electrons. The van der Waals surface area contributed by atoms with Crippen LogP contribution in [0.3, 0.4) is 0 Å². The average molecular weight is 335 g/mol. The number of carbonyl (C=O) groups is 1. The van der Waals surface area contributed by atoms with Crippen LogP contribution in [0.1, 0.15) is 44.2 Å². The highest BCUT2D eigenvalue weighted by molar-refractivity contribution is 9.10. The summed E-state index contributed by atoms with van der Waals surface area (Å²) < 4.78 is 7.07. The Morgan fingerprint density at radius 2 is 2.10 bits per heavy atom. The molecule has 0 unspecified atom stereocenters. The molecule has 4 rings (SSSR count). The van der Waals surface area contributed by atoms with Gasteiger partial charge in [-0.05, 0) is 36.0 Å². The van der Waals surface area contributed by atoms with Gasteiger partial charge in [0, 0.05) is 27.8 Å². The third kappa shape index (κ3) is 1.42. The Morgan fingerprint density at radius 1 is 1.30 bits per heavy atom. The minimum atomic E-state index is -0.0640. The van der Waals surface area contributed by atoms with Crippen molar-refractivity contribution < 1.29 is 9.53 Å². The highest BCUT2D eigenvalue weighted by Gasteiger charge is 2.60. The summed E-state index contributed by atoms with van der Waals surface area (Å²) in [5.74, 6) is 1.54. The summed E-state index contributed by atoms with van der Waals surface area (Å²) in [5, 5.41) is 0. The Labute approximate surface area is 128 Å². The number of hydrogen-bond donors (Lipinski definition) is 0. The second kappa shape index (κ2) is 3.88. The Bertz CT molecular complexity index is 616. The van der Waals surface area contributed by atoms with E-state index < -0.39 is 0 Å². The van der Waals surface area contributed by atoms with Gasteiger partial charge in [0.05, 0.1) is 6.61 Å². The number of Topliss-reactive ketones (excluding diaryl/α,β-unsaturated/α-hetero) is 1. The number of ether oxygens (including phenoxy) is 1. The van der Waals surface area contributed by atoms with Crippen molar-refractivity contribution in [3.05, 3.63) is 27.7 Å². The zero-order chi connectivity index (χ0) is 14.1. The standard InChI is InChI=1S/C17H19BrO2/c1-16(2)6-3-7-17-9-20-13-5-4-11(18)10(14(13)17)8-12(19)15(16)17/h4-5,15H,3,6-9H2,1-2H3/t15-,17+/m1/s1. The lowest BCUT2D eigenvalue weighted by molar-refractivity contribution is -0.133. The molecule has 3 aliphatic rings. The normalized spacial score (nSPS) is 33.4. The van der Waals surface area contributed by atoms with E-state index in [1.165, 1.54) is 17.5 Å². The molecular weight excluding hydrogens is 316 g/mol. The number of benzene rings is 1. The minimum absolute atomic E-state index is 0.0640. The van der Waals surface area contributed by atoms with Crippen LogP contribution in [-0.2, 0) is 16.6 Å². The largest absolute Gasteiger partial charge is 0.492 e. The molecule has 2 aliphatic carbocycles. The molecule has 1 fully saturated rings. The molecule has 106 valence electrons. The number of rotatable bonds is 0. The van der Waals surface area contributed by atoms with Crippen molar-refractivity contribution >= 4 is 21.7 Å². The second-order valence-corrected chi connectivity index (χ2v) is 8.12. The van der Waals surface area contributed by atoms with E-state index in [0.29, 0.717) is 18.8 Å². The molecule has 0 saturated heterocycles. The molecule has 3 heteroatoms. The van der Waals surface area contributed by atoms with Gasteiger partial charge in [0.1, 0.15) is 11.5 Å². The summed E-state index contributed by atoms with van der Waals surface area (Å²) in [6, 6.07) is 4.08. The van der Waals surface area contributed by atoms with Gasteiger partial charge in [0.15, 0.2) is 0 Å². The monoisotopic (exact) mass is 334 g/mol. The SMILES string of the molecule is CC1(C)CCC[C@]23COc4ccc(Br)c(c42)CC(=O)[C@H]13. The smallest absolute Gasteiger partial charge is 0.141 e. The van der Waals surface area contributed by atoms with Crippen molar-refractivity contribution in [3.8, 4) is 5.75 Å². The summed E-state index contributed by atoms with van der Waals surface area (Å²) in [6.45, 7) is 5.21.